The molecule has 0 aliphatic carbocycles. The summed E-state index contributed by atoms with van der Waals surface area (Å²) in [6, 6.07) is 9.05. The Labute approximate surface area is 122 Å². The van der Waals surface area contributed by atoms with E-state index in [4.69, 9.17) is 0 Å². The normalized spacial score (nSPS) is 11.6. The highest BCUT2D eigenvalue weighted by Crippen LogP contribution is 2.15. The van der Waals surface area contributed by atoms with Gasteiger partial charge in [-0.15, -0.1) is 0 Å². The second-order valence-electron chi connectivity index (χ2n) is 5.53. The van der Waals surface area contributed by atoms with Gasteiger partial charge in [0.25, 0.3) is 0 Å². The monoisotopic (exact) mass is 273 g/mol. The molecule has 3 nitrogen and oxygen atoms in total. The molecule has 0 atom stereocenters. The summed E-state index contributed by atoms with van der Waals surface area (Å²) in [4.78, 5) is 4.62. The fraction of sp³-hybridized carbons (Fsp3) is 0.588. The molecule has 2 rings (SSSR count). The molecule has 1 aromatic heterocycles. The molecule has 0 aliphatic heterocycles. The first-order valence-corrected chi connectivity index (χ1v) is 7.91. The molecular formula is C17H27N3. The molecule has 0 saturated carbocycles. The van der Waals surface area contributed by atoms with Crippen molar-refractivity contribution in [3.8, 4) is 0 Å². The van der Waals surface area contributed by atoms with Gasteiger partial charge in [0.2, 0.25) is 0 Å². The molecule has 1 N–H and O–H groups in total. The number of imidazole rings is 1. The lowest BCUT2D eigenvalue weighted by Gasteiger charge is -2.18. The molecule has 1 heterocycles. The van der Waals surface area contributed by atoms with Gasteiger partial charge in [0, 0.05) is 19.1 Å². The van der Waals surface area contributed by atoms with Gasteiger partial charge in [-0.05, 0) is 31.9 Å². The summed E-state index contributed by atoms with van der Waals surface area (Å²) in [5, 5.41) is 3.70. The Morgan fingerprint density at radius 2 is 1.85 bits per heavy atom. The maximum Gasteiger partial charge on any atom is 0.106 e. The highest BCUT2D eigenvalue weighted by molar-refractivity contribution is 5.75. The number of aryl methyl sites for hydroxylation is 1. The van der Waals surface area contributed by atoms with Crippen LogP contribution in [0.25, 0.3) is 11.0 Å². The molecule has 0 unspecified atom stereocenters. The highest BCUT2D eigenvalue weighted by Gasteiger charge is 2.08. The molecular weight excluding hydrogens is 246 g/mol. The summed E-state index contributed by atoms with van der Waals surface area (Å²) >= 11 is 0. The van der Waals surface area contributed by atoms with Crippen molar-refractivity contribution in [2.45, 2.75) is 59.0 Å². The van der Waals surface area contributed by atoms with Gasteiger partial charge in [-0.1, -0.05) is 38.8 Å². The van der Waals surface area contributed by atoms with Crippen LogP contribution in [0.5, 0.6) is 0 Å². The third-order valence-electron chi connectivity index (χ3n) is 3.89. The van der Waals surface area contributed by atoms with Crippen LogP contribution >= 0.6 is 0 Å². The molecule has 110 valence electrons. The van der Waals surface area contributed by atoms with E-state index in [1.54, 1.807) is 0 Å². The van der Waals surface area contributed by atoms with Gasteiger partial charge in [-0.2, -0.15) is 0 Å². The van der Waals surface area contributed by atoms with E-state index in [1.807, 2.05) is 0 Å². The lowest BCUT2D eigenvalue weighted by molar-refractivity contribution is 0.432. The van der Waals surface area contributed by atoms with Crippen molar-refractivity contribution in [3.05, 3.63) is 30.1 Å². The van der Waals surface area contributed by atoms with E-state index in [0.717, 1.165) is 24.4 Å². The molecule has 1 aromatic carbocycles. The van der Waals surface area contributed by atoms with Crippen LogP contribution in [0.2, 0.25) is 0 Å². The molecule has 2 aromatic rings. The van der Waals surface area contributed by atoms with Gasteiger partial charge in [-0.3, -0.25) is 0 Å². The number of nitrogens with one attached hydrogen (secondary N) is 1. The quantitative estimate of drug-likeness (QED) is 0.790. The zero-order valence-electron chi connectivity index (χ0n) is 13.0. The SMILES string of the molecule is CCCC(CCC)NCCn1c(C)nc2ccccc21. The maximum atomic E-state index is 4.62. The number of fused-ring (bicyclic) bond motifs is 1. The Balaban J connectivity index is 1.97. The average Bonchev–Trinajstić information content (AvgIpc) is 2.76. The van der Waals surface area contributed by atoms with Crippen molar-refractivity contribution in [2.24, 2.45) is 0 Å². The second-order valence-corrected chi connectivity index (χ2v) is 5.53. The van der Waals surface area contributed by atoms with Crippen molar-refractivity contribution in [3.63, 3.8) is 0 Å². The molecule has 0 fully saturated rings. The van der Waals surface area contributed by atoms with Crippen molar-refractivity contribution in [1.82, 2.24) is 14.9 Å². The lowest BCUT2D eigenvalue weighted by Crippen LogP contribution is -2.31. The van der Waals surface area contributed by atoms with Gasteiger partial charge in [-0.25, -0.2) is 4.98 Å². The van der Waals surface area contributed by atoms with Crippen LogP contribution in [0.4, 0.5) is 0 Å². The second kappa shape index (κ2) is 7.44. The zero-order valence-corrected chi connectivity index (χ0v) is 13.0. The molecule has 0 saturated heterocycles. The van der Waals surface area contributed by atoms with E-state index in [1.165, 1.54) is 31.2 Å². The summed E-state index contributed by atoms with van der Waals surface area (Å²) in [6.07, 6.45) is 5.06. The third kappa shape index (κ3) is 3.60. The minimum Gasteiger partial charge on any atom is -0.327 e. The fourth-order valence-corrected chi connectivity index (χ4v) is 2.90. The maximum absolute atomic E-state index is 4.62. The Kier molecular flexibility index (Phi) is 5.60. The molecule has 3 heteroatoms. The van der Waals surface area contributed by atoms with Crippen LogP contribution in [0.3, 0.4) is 0 Å². The predicted octanol–water partition coefficient (Wildman–Crippen LogP) is 3.90. The molecule has 0 spiro atoms. The van der Waals surface area contributed by atoms with Crippen LogP contribution in [0.15, 0.2) is 24.3 Å². The number of nitrogens with zero attached hydrogens (tertiary/aromatic N) is 2. The smallest absolute Gasteiger partial charge is 0.106 e. The van der Waals surface area contributed by atoms with E-state index in [9.17, 15) is 0 Å². The van der Waals surface area contributed by atoms with Gasteiger partial charge in [0.1, 0.15) is 5.82 Å². The molecule has 0 radical (unpaired) electrons. The first-order valence-electron chi connectivity index (χ1n) is 7.91. The number of rotatable bonds is 8. The van der Waals surface area contributed by atoms with Crippen LogP contribution in [0.1, 0.15) is 45.4 Å². The van der Waals surface area contributed by atoms with Crippen LogP contribution < -0.4 is 5.32 Å². The summed E-state index contributed by atoms with van der Waals surface area (Å²) in [6.45, 7) is 8.63. The van der Waals surface area contributed by atoms with E-state index in [-0.39, 0.29) is 0 Å². The number of benzene rings is 1. The van der Waals surface area contributed by atoms with Crippen LogP contribution in [-0.2, 0) is 6.54 Å². The highest BCUT2D eigenvalue weighted by atomic mass is 15.1. The van der Waals surface area contributed by atoms with Gasteiger partial charge >= 0.3 is 0 Å². The number of hydrogen-bond acceptors (Lipinski definition) is 2. The summed E-state index contributed by atoms with van der Waals surface area (Å²) in [5.41, 5.74) is 2.35. The number of hydrogen-bond donors (Lipinski definition) is 1. The van der Waals surface area contributed by atoms with Gasteiger partial charge < -0.3 is 9.88 Å². The average molecular weight is 273 g/mol. The van der Waals surface area contributed by atoms with E-state index in [2.05, 4.69) is 59.9 Å². The Morgan fingerprint density at radius 1 is 1.15 bits per heavy atom. The van der Waals surface area contributed by atoms with Gasteiger partial charge in [0.15, 0.2) is 0 Å². The van der Waals surface area contributed by atoms with E-state index < -0.39 is 0 Å². The molecule has 20 heavy (non-hydrogen) atoms. The Bertz CT molecular complexity index is 524. The minimum absolute atomic E-state index is 0.667. The largest absolute Gasteiger partial charge is 0.327 e. The first kappa shape index (κ1) is 15.0. The van der Waals surface area contributed by atoms with Crippen molar-refractivity contribution in [1.29, 1.82) is 0 Å². The standard InChI is InChI=1S/C17H27N3/c1-4-8-15(9-5-2)18-12-13-20-14(3)19-16-10-6-7-11-17(16)20/h6-7,10-11,15,18H,4-5,8-9,12-13H2,1-3H3. The Morgan fingerprint density at radius 3 is 2.55 bits per heavy atom. The first-order chi connectivity index (χ1) is 9.76. The topological polar surface area (TPSA) is 29.9 Å². The van der Waals surface area contributed by atoms with E-state index in [0.29, 0.717) is 6.04 Å². The fourth-order valence-electron chi connectivity index (χ4n) is 2.90. The Hall–Kier alpha value is -1.35. The van der Waals surface area contributed by atoms with Crippen LogP contribution in [-0.4, -0.2) is 22.1 Å². The number of para-hydroxylation sites is 2. The van der Waals surface area contributed by atoms with E-state index >= 15 is 0 Å². The van der Waals surface area contributed by atoms with Gasteiger partial charge in [0.05, 0.1) is 11.0 Å². The molecule has 0 amide bonds. The summed E-state index contributed by atoms with van der Waals surface area (Å²) < 4.78 is 2.32. The summed E-state index contributed by atoms with van der Waals surface area (Å²) in [5.74, 6) is 1.11. The predicted molar refractivity (Wildman–Crippen MR) is 86.1 cm³/mol. The lowest BCUT2D eigenvalue weighted by atomic mass is 10.1. The van der Waals surface area contributed by atoms with Crippen molar-refractivity contribution < 1.29 is 0 Å². The van der Waals surface area contributed by atoms with Crippen molar-refractivity contribution in [2.75, 3.05) is 6.54 Å². The third-order valence-corrected chi connectivity index (χ3v) is 3.89. The zero-order chi connectivity index (χ0) is 14.4. The number of aromatic nitrogens is 2. The van der Waals surface area contributed by atoms with Crippen LogP contribution in [0, 0.1) is 6.92 Å². The molecule has 0 aliphatic rings. The summed E-state index contributed by atoms with van der Waals surface area (Å²) in [7, 11) is 0. The minimum atomic E-state index is 0.667. The molecule has 0 bridgehead atoms. The van der Waals surface area contributed by atoms with Crippen molar-refractivity contribution >= 4 is 11.0 Å².